The normalized spacial score (nSPS) is 14.9. The van der Waals surface area contributed by atoms with Gasteiger partial charge >= 0.3 is 0 Å². The van der Waals surface area contributed by atoms with Gasteiger partial charge in [-0.05, 0) is 54.2 Å². The van der Waals surface area contributed by atoms with Crippen molar-refractivity contribution in [3.8, 4) is 22.4 Å². The first kappa shape index (κ1) is 19.8. The Morgan fingerprint density at radius 1 is 0.970 bits per heavy atom. The first-order chi connectivity index (χ1) is 16.2. The summed E-state index contributed by atoms with van der Waals surface area (Å²) in [5.74, 6) is 0.818. The Hall–Kier alpha value is -3.86. The van der Waals surface area contributed by atoms with Gasteiger partial charge in [-0.3, -0.25) is 4.79 Å². The van der Waals surface area contributed by atoms with E-state index in [9.17, 15) is 4.79 Å². The van der Waals surface area contributed by atoms with Crippen molar-refractivity contribution in [1.29, 1.82) is 0 Å². The zero-order chi connectivity index (χ0) is 22.4. The average molecular weight is 435 g/mol. The molecule has 0 aliphatic carbocycles. The molecule has 5 heteroatoms. The Kier molecular flexibility index (Phi) is 4.75. The summed E-state index contributed by atoms with van der Waals surface area (Å²) in [6.45, 7) is 3.94. The molecule has 0 spiro atoms. The van der Waals surface area contributed by atoms with Gasteiger partial charge in [0.2, 0.25) is 0 Å². The highest BCUT2D eigenvalue weighted by atomic mass is 16.2. The summed E-state index contributed by atoms with van der Waals surface area (Å²) >= 11 is 0. The molecule has 6 rings (SSSR count). The van der Waals surface area contributed by atoms with Crippen LogP contribution < -0.4 is 0 Å². The highest BCUT2D eigenvalue weighted by molar-refractivity contribution is 6.07. The topological polar surface area (TPSA) is 64.8 Å². The third-order valence-corrected chi connectivity index (χ3v) is 6.87. The predicted octanol–water partition coefficient (Wildman–Crippen LogP) is 6.25. The van der Waals surface area contributed by atoms with Crippen LogP contribution in [0.3, 0.4) is 0 Å². The second kappa shape index (κ2) is 7.93. The van der Waals surface area contributed by atoms with Crippen LogP contribution in [-0.4, -0.2) is 38.8 Å². The molecule has 2 aromatic carbocycles. The molecule has 1 aliphatic heterocycles. The third kappa shape index (κ3) is 3.59. The smallest absolute Gasteiger partial charge is 0.256 e. The first-order valence-electron chi connectivity index (χ1n) is 11.6. The number of H-pyrrole nitrogens is 2. The highest BCUT2D eigenvalue weighted by Crippen LogP contribution is 2.30. The molecule has 3 aromatic heterocycles. The number of hydrogen-bond acceptors (Lipinski definition) is 2. The number of likely N-dealkylation sites (tertiary alicyclic amines) is 1. The van der Waals surface area contributed by atoms with Crippen LogP contribution in [0.5, 0.6) is 0 Å². The fraction of sp³-hybridized carbons (Fsp3) is 0.214. The molecule has 1 saturated heterocycles. The molecule has 2 N–H and O–H groups in total. The highest BCUT2D eigenvalue weighted by Gasteiger charge is 2.23. The number of benzene rings is 2. The van der Waals surface area contributed by atoms with Crippen LogP contribution in [0.25, 0.3) is 44.3 Å². The van der Waals surface area contributed by atoms with Gasteiger partial charge in [0.05, 0.1) is 5.56 Å². The molecule has 0 saturated carbocycles. The van der Waals surface area contributed by atoms with Crippen molar-refractivity contribution in [1.82, 2.24) is 19.9 Å². The number of carbonyl (C=O) groups is 1. The monoisotopic (exact) mass is 434 g/mol. The van der Waals surface area contributed by atoms with Gasteiger partial charge in [-0.1, -0.05) is 43.3 Å². The minimum absolute atomic E-state index is 0.122. The van der Waals surface area contributed by atoms with Crippen molar-refractivity contribution in [2.24, 2.45) is 5.92 Å². The molecule has 33 heavy (non-hydrogen) atoms. The van der Waals surface area contributed by atoms with Crippen molar-refractivity contribution in [3.63, 3.8) is 0 Å². The molecule has 0 unspecified atom stereocenters. The van der Waals surface area contributed by atoms with Gasteiger partial charge in [0.1, 0.15) is 5.65 Å². The number of aromatic nitrogens is 3. The van der Waals surface area contributed by atoms with Gasteiger partial charge in [-0.25, -0.2) is 4.98 Å². The van der Waals surface area contributed by atoms with Gasteiger partial charge in [0.25, 0.3) is 5.91 Å². The second-order valence-electron chi connectivity index (χ2n) is 9.15. The Bertz CT molecular complexity index is 1460. The van der Waals surface area contributed by atoms with Crippen LogP contribution in [0.15, 0.2) is 73.1 Å². The summed E-state index contributed by atoms with van der Waals surface area (Å²) in [5, 5.41) is 2.04. The van der Waals surface area contributed by atoms with Crippen LogP contribution in [0.4, 0.5) is 0 Å². The number of nitrogens with zero attached hydrogens (tertiary/aromatic N) is 2. The van der Waals surface area contributed by atoms with Gasteiger partial charge < -0.3 is 14.9 Å². The molecule has 0 bridgehead atoms. The SMILES string of the molecule is CC1CCN(C(=O)c2c[nH]c3ccc(-c4cnc5[nH]c(-c6ccccc6)cc5c4)cc23)CC1. The van der Waals surface area contributed by atoms with E-state index < -0.39 is 0 Å². The van der Waals surface area contributed by atoms with Crippen LogP contribution in [-0.2, 0) is 0 Å². The van der Waals surface area contributed by atoms with E-state index in [2.05, 4.69) is 64.3 Å². The van der Waals surface area contributed by atoms with Crippen LogP contribution in [0, 0.1) is 5.92 Å². The largest absolute Gasteiger partial charge is 0.360 e. The maximum atomic E-state index is 13.2. The fourth-order valence-electron chi connectivity index (χ4n) is 4.81. The van der Waals surface area contributed by atoms with E-state index >= 15 is 0 Å². The summed E-state index contributed by atoms with van der Waals surface area (Å²) in [6, 6.07) is 20.8. The summed E-state index contributed by atoms with van der Waals surface area (Å²) in [5.41, 5.74) is 6.89. The molecule has 0 atom stereocenters. The lowest BCUT2D eigenvalue weighted by molar-refractivity contribution is 0.0699. The molecule has 4 heterocycles. The number of rotatable bonds is 3. The lowest BCUT2D eigenvalue weighted by atomic mass is 9.98. The number of carbonyl (C=O) groups excluding carboxylic acids is 1. The Morgan fingerprint density at radius 2 is 1.79 bits per heavy atom. The van der Waals surface area contributed by atoms with E-state index in [1.807, 2.05) is 35.5 Å². The number of pyridine rings is 1. The zero-order valence-electron chi connectivity index (χ0n) is 18.6. The molecule has 5 aromatic rings. The van der Waals surface area contributed by atoms with E-state index in [0.717, 1.165) is 75.8 Å². The van der Waals surface area contributed by atoms with Crippen LogP contribution in [0.1, 0.15) is 30.1 Å². The van der Waals surface area contributed by atoms with Crippen molar-refractivity contribution in [2.45, 2.75) is 19.8 Å². The van der Waals surface area contributed by atoms with Crippen LogP contribution >= 0.6 is 0 Å². The van der Waals surface area contributed by atoms with E-state index in [4.69, 9.17) is 0 Å². The number of amides is 1. The zero-order valence-corrected chi connectivity index (χ0v) is 18.6. The van der Waals surface area contributed by atoms with E-state index in [0.29, 0.717) is 5.92 Å². The van der Waals surface area contributed by atoms with Gasteiger partial charge in [-0.2, -0.15) is 0 Å². The first-order valence-corrected chi connectivity index (χ1v) is 11.6. The van der Waals surface area contributed by atoms with E-state index in [1.54, 1.807) is 0 Å². The fourth-order valence-corrected chi connectivity index (χ4v) is 4.81. The maximum Gasteiger partial charge on any atom is 0.256 e. The molecule has 164 valence electrons. The Labute approximate surface area is 192 Å². The molecule has 5 nitrogen and oxygen atoms in total. The number of aromatic amines is 2. The molecule has 1 aliphatic rings. The molecule has 1 amide bonds. The number of hydrogen-bond donors (Lipinski definition) is 2. The standard InChI is InChI=1S/C28H26N4O/c1-18-9-11-32(12-10-18)28(33)24-17-29-25-8-7-20(14-23(24)25)22-13-21-15-26(31-27(21)30-16-22)19-5-3-2-4-6-19/h2-8,13-18,29H,9-12H2,1H3,(H,30,31). The third-order valence-electron chi connectivity index (χ3n) is 6.87. The Balaban J connectivity index is 1.35. The van der Waals surface area contributed by atoms with Gasteiger partial charge in [-0.15, -0.1) is 0 Å². The summed E-state index contributed by atoms with van der Waals surface area (Å²) < 4.78 is 0. The van der Waals surface area contributed by atoms with Crippen molar-refractivity contribution < 1.29 is 4.79 Å². The number of piperidine rings is 1. The van der Waals surface area contributed by atoms with Crippen molar-refractivity contribution in [2.75, 3.05) is 13.1 Å². The lowest BCUT2D eigenvalue weighted by Gasteiger charge is -2.30. The average Bonchev–Trinajstić information content (AvgIpc) is 3.48. The summed E-state index contributed by atoms with van der Waals surface area (Å²) in [4.78, 5) is 26.6. The van der Waals surface area contributed by atoms with Gasteiger partial charge in [0.15, 0.2) is 0 Å². The number of nitrogens with one attached hydrogen (secondary N) is 2. The Morgan fingerprint density at radius 3 is 2.61 bits per heavy atom. The van der Waals surface area contributed by atoms with E-state index in [1.165, 1.54) is 0 Å². The molecular formula is C28H26N4O. The second-order valence-corrected chi connectivity index (χ2v) is 9.15. The van der Waals surface area contributed by atoms with Crippen molar-refractivity contribution in [3.05, 3.63) is 78.6 Å². The summed E-state index contributed by atoms with van der Waals surface area (Å²) in [7, 11) is 0. The maximum absolute atomic E-state index is 13.2. The van der Waals surface area contributed by atoms with Gasteiger partial charge in [0, 0.05) is 53.0 Å². The molecule has 0 radical (unpaired) electrons. The predicted molar refractivity (Wildman–Crippen MR) is 133 cm³/mol. The van der Waals surface area contributed by atoms with E-state index in [-0.39, 0.29) is 5.91 Å². The minimum atomic E-state index is 0.122. The molecular weight excluding hydrogens is 408 g/mol. The van der Waals surface area contributed by atoms with Crippen molar-refractivity contribution >= 4 is 27.8 Å². The molecule has 1 fully saturated rings. The lowest BCUT2D eigenvalue weighted by Crippen LogP contribution is -2.37. The number of fused-ring (bicyclic) bond motifs is 2. The summed E-state index contributed by atoms with van der Waals surface area (Å²) in [6.07, 6.45) is 5.91. The van der Waals surface area contributed by atoms with Crippen LogP contribution in [0.2, 0.25) is 0 Å². The quantitative estimate of drug-likeness (QED) is 0.352. The minimum Gasteiger partial charge on any atom is -0.360 e.